The molecule has 8 rings (SSSR count). The molecule has 6 heterocycles. The molecule has 11 heteroatoms. The van der Waals surface area contributed by atoms with Crippen LogP contribution in [-0.4, -0.2) is 102 Å². The van der Waals surface area contributed by atoms with Crippen LogP contribution in [0.15, 0.2) is 30.4 Å². The van der Waals surface area contributed by atoms with Crippen LogP contribution in [0.4, 0.5) is 5.69 Å². The van der Waals surface area contributed by atoms with Gasteiger partial charge < -0.3 is 19.9 Å². The van der Waals surface area contributed by atoms with Gasteiger partial charge in [0.2, 0.25) is 11.8 Å². The summed E-state index contributed by atoms with van der Waals surface area (Å²) in [6.07, 6.45) is 9.79. The lowest BCUT2D eigenvalue weighted by Gasteiger charge is -2.51. The molecule has 6 atom stereocenters. The Bertz CT molecular complexity index is 1250. The number of nitrogens with zero attached hydrogens (tertiary/aromatic N) is 4. The van der Waals surface area contributed by atoms with Crippen molar-refractivity contribution in [3.63, 3.8) is 0 Å². The van der Waals surface area contributed by atoms with Crippen molar-refractivity contribution in [3.05, 3.63) is 41.5 Å². The number of nitrogens with one attached hydrogen (secondary N) is 4. The number of carbonyl (C=O) groups excluding carboxylic acids is 2. The van der Waals surface area contributed by atoms with Crippen molar-refractivity contribution in [2.45, 2.75) is 76.0 Å². The zero-order valence-electron chi connectivity index (χ0n) is 23.8. The summed E-state index contributed by atoms with van der Waals surface area (Å²) >= 11 is 0. The average Bonchev–Trinajstić information content (AvgIpc) is 3.68. The zero-order valence-corrected chi connectivity index (χ0v) is 23.8. The number of morpholine rings is 1. The summed E-state index contributed by atoms with van der Waals surface area (Å²) in [4.78, 5) is 31.3. The Morgan fingerprint density at radius 3 is 2.85 bits per heavy atom. The third kappa shape index (κ3) is 4.67. The molecule has 4 saturated heterocycles. The van der Waals surface area contributed by atoms with Crippen molar-refractivity contribution in [1.29, 1.82) is 0 Å². The number of hydrogen-bond donors (Lipinski definition) is 4. The lowest BCUT2D eigenvalue weighted by molar-refractivity contribution is -0.178. The van der Waals surface area contributed by atoms with Crippen LogP contribution in [0.3, 0.4) is 0 Å². The Labute approximate surface area is 241 Å². The Kier molecular flexibility index (Phi) is 6.39. The Morgan fingerprint density at radius 1 is 1.07 bits per heavy atom. The summed E-state index contributed by atoms with van der Waals surface area (Å²) < 4.78 is 6.02. The Hall–Kier alpha value is -2.54. The molecule has 11 nitrogen and oxygen atoms in total. The van der Waals surface area contributed by atoms with Gasteiger partial charge in [0.25, 0.3) is 0 Å². The molecular formula is C30H42N8O3. The summed E-state index contributed by atoms with van der Waals surface area (Å²) in [6.45, 7) is 4.16. The number of amides is 2. The van der Waals surface area contributed by atoms with Gasteiger partial charge in [0.1, 0.15) is 19.1 Å². The lowest BCUT2D eigenvalue weighted by Crippen LogP contribution is -2.72. The van der Waals surface area contributed by atoms with Crippen LogP contribution < -0.4 is 21.3 Å². The molecule has 0 radical (unpaired) electrons. The number of allylic oxidation sites excluding steroid dienone is 1. The highest BCUT2D eigenvalue weighted by atomic mass is 16.5. The predicted molar refractivity (Wildman–Crippen MR) is 153 cm³/mol. The molecular weight excluding hydrogens is 520 g/mol. The number of rotatable bonds is 2. The van der Waals surface area contributed by atoms with E-state index in [9.17, 15) is 9.59 Å². The molecule has 1 aromatic rings. The van der Waals surface area contributed by atoms with Crippen molar-refractivity contribution >= 4 is 17.5 Å². The van der Waals surface area contributed by atoms with Crippen LogP contribution in [0.2, 0.25) is 0 Å². The first-order valence-corrected chi connectivity index (χ1v) is 15.4. The van der Waals surface area contributed by atoms with Crippen molar-refractivity contribution < 1.29 is 14.3 Å². The first-order valence-electron chi connectivity index (χ1n) is 15.4. The number of fused-ring (bicyclic) bond motifs is 6. The molecule has 7 aliphatic rings. The first-order chi connectivity index (χ1) is 20.0. The summed E-state index contributed by atoms with van der Waals surface area (Å²) in [5.41, 5.74) is 4.04. The van der Waals surface area contributed by atoms with Gasteiger partial charge in [-0.25, -0.2) is 0 Å². The van der Waals surface area contributed by atoms with Crippen LogP contribution in [0, 0.1) is 11.3 Å². The van der Waals surface area contributed by atoms with Crippen LogP contribution in [0.25, 0.3) is 0 Å². The molecule has 1 saturated carbocycles. The highest BCUT2D eigenvalue weighted by Crippen LogP contribution is 2.50. The summed E-state index contributed by atoms with van der Waals surface area (Å²) in [5.74, 6) is 0.0164. The van der Waals surface area contributed by atoms with Gasteiger partial charge in [-0.1, -0.05) is 18.2 Å². The second-order valence-electron chi connectivity index (χ2n) is 13.2. The van der Waals surface area contributed by atoms with Crippen LogP contribution in [0.1, 0.15) is 43.2 Å². The maximum atomic E-state index is 13.8. The summed E-state index contributed by atoms with van der Waals surface area (Å²) in [5, 5.41) is 18.9. The lowest BCUT2D eigenvalue weighted by atomic mass is 9.96. The van der Waals surface area contributed by atoms with Crippen molar-refractivity contribution in [1.82, 2.24) is 35.8 Å². The predicted octanol–water partition coefficient (Wildman–Crippen LogP) is 0.567. The minimum absolute atomic E-state index is 0.0146. The second-order valence-corrected chi connectivity index (χ2v) is 13.2. The molecule has 1 aliphatic carbocycles. The number of anilines is 1. The fraction of sp³-hybridized carbons (Fsp3) is 0.667. The van der Waals surface area contributed by atoms with E-state index < -0.39 is 0 Å². The SMILES string of the molecule is CN1CCc2ccc(NC3NCC4C(=O)N5C/C=C\CC6(CC6)CN6C(=O)COC7CCC(NC76)N5C4N3)cc2C1. The van der Waals surface area contributed by atoms with E-state index in [0.717, 1.165) is 63.8 Å². The zero-order chi connectivity index (χ0) is 27.7. The Balaban J connectivity index is 1.06. The summed E-state index contributed by atoms with van der Waals surface area (Å²) in [7, 11) is 2.17. The first kappa shape index (κ1) is 26.1. The summed E-state index contributed by atoms with van der Waals surface area (Å²) in [6, 6.07) is 6.67. The molecule has 2 bridgehead atoms. The quantitative estimate of drug-likeness (QED) is 0.385. The van der Waals surface area contributed by atoms with E-state index >= 15 is 0 Å². The number of hydrazine groups is 1. The highest BCUT2D eigenvalue weighted by molar-refractivity contribution is 5.82. The highest BCUT2D eigenvalue weighted by Gasteiger charge is 2.55. The molecule has 0 aromatic heterocycles. The van der Waals surface area contributed by atoms with E-state index in [1.807, 2.05) is 5.01 Å². The van der Waals surface area contributed by atoms with Gasteiger partial charge in [-0.15, -0.1) is 0 Å². The topological polar surface area (TPSA) is 104 Å². The number of hydrogen-bond acceptors (Lipinski definition) is 9. The van der Waals surface area contributed by atoms with Crippen molar-refractivity contribution in [2.75, 3.05) is 45.2 Å². The van der Waals surface area contributed by atoms with Crippen molar-refractivity contribution in [3.8, 4) is 0 Å². The number of likely N-dealkylation sites (N-methyl/N-ethyl adjacent to an activating group) is 1. The molecule has 4 N–H and O–H groups in total. The van der Waals surface area contributed by atoms with E-state index in [2.05, 4.69) is 73.5 Å². The van der Waals surface area contributed by atoms with E-state index in [-0.39, 0.29) is 60.6 Å². The normalized spacial score (nSPS) is 37.5. The molecule has 6 unspecified atom stereocenters. The maximum absolute atomic E-state index is 13.8. The van der Waals surface area contributed by atoms with E-state index in [1.54, 1.807) is 0 Å². The van der Waals surface area contributed by atoms with Gasteiger partial charge in [-0.05, 0) is 74.2 Å². The maximum Gasteiger partial charge on any atom is 0.249 e. The number of benzene rings is 1. The molecule has 2 amide bonds. The molecule has 5 fully saturated rings. The van der Waals surface area contributed by atoms with E-state index in [0.29, 0.717) is 13.1 Å². The van der Waals surface area contributed by atoms with Gasteiger partial charge in [0, 0.05) is 31.9 Å². The fourth-order valence-electron chi connectivity index (χ4n) is 7.85. The van der Waals surface area contributed by atoms with Gasteiger partial charge in [0.05, 0.1) is 30.9 Å². The van der Waals surface area contributed by atoms with Crippen LogP contribution in [-0.2, 0) is 27.3 Å². The van der Waals surface area contributed by atoms with E-state index in [4.69, 9.17) is 4.74 Å². The fourth-order valence-corrected chi connectivity index (χ4v) is 7.85. The number of carbonyl (C=O) groups is 2. The van der Waals surface area contributed by atoms with Gasteiger partial charge in [-0.3, -0.25) is 30.5 Å². The number of ether oxygens (including phenoxy) is 1. The molecule has 220 valence electrons. The number of piperidine rings is 1. The minimum atomic E-state index is -0.196. The largest absolute Gasteiger partial charge is 0.365 e. The van der Waals surface area contributed by atoms with E-state index in [1.165, 1.54) is 11.1 Å². The molecule has 1 aromatic carbocycles. The van der Waals surface area contributed by atoms with Gasteiger partial charge in [-0.2, -0.15) is 5.01 Å². The van der Waals surface area contributed by atoms with Crippen molar-refractivity contribution in [2.24, 2.45) is 11.3 Å². The minimum Gasteiger partial charge on any atom is -0.365 e. The van der Waals surface area contributed by atoms with Crippen LogP contribution in [0.5, 0.6) is 0 Å². The second kappa shape index (κ2) is 10.0. The van der Waals surface area contributed by atoms with Gasteiger partial charge >= 0.3 is 0 Å². The smallest absolute Gasteiger partial charge is 0.249 e. The molecule has 6 aliphatic heterocycles. The molecule has 1 spiro atoms. The Morgan fingerprint density at radius 2 is 1.98 bits per heavy atom. The van der Waals surface area contributed by atoms with Gasteiger partial charge in [0.15, 0.2) is 0 Å². The van der Waals surface area contributed by atoms with Crippen LogP contribution >= 0.6 is 0 Å². The third-order valence-electron chi connectivity index (χ3n) is 10.4. The third-order valence-corrected chi connectivity index (χ3v) is 10.4. The molecule has 41 heavy (non-hydrogen) atoms. The standard InChI is InChI=1S/C30H42N8O3/c1-35-13-8-19-4-5-21(14-20(19)16-35)32-29-31-15-22-26(34-29)38-24-7-6-23-27(33-24)36(25(39)17-41-23)18-30(10-11-30)9-2-3-12-37(38)28(22)40/h2-5,14,22-24,26-27,29,31-34H,6-13,15-18H2,1H3/b3-2-. The monoisotopic (exact) mass is 562 g/mol. The average molecular weight is 563 g/mol.